The molecule has 0 aliphatic heterocycles. The highest BCUT2D eigenvalue weighted by atomic mass is 79.9. The highest BCUT2D eigenvalue weighted by Gasteiger charge is 2.17. The fourth-order valence-corrected chi connectivity index (χ4v) is 2.55. The molecule has 2 rings (SSSR count). The minimum absolute atomic E-state index is 0.216. The van der Waals surface area contributed by atoms with E-state index in [1.165, 1.54) is 6.07 Å². The first-order chi connectivity index (χ1) is 9.02. The predicted octanol–water partition coefficient (Wildman–Crippen LogP) is 4.86. The zero-order valence-corrected chi connectivity index (χ0v) is 13.0. The Balaban J connectivity index is 2.46. The van der Waals surface area contributed by atoms with Crippen LogP contribution in [0.25, 0.3) is 0 Å². The molecule has 1 atom stereocenters. The summed E-state index contributed by atoms with van der Waals surface area (Å²) in [6.45, 7) is 1.95. The van der Waals surface area contributed by atoms with Crippen LogP contribution in [0.5, 0.6) is 0 Å². The van der Waals surface area contributed by atoms with E-state index in [9.17, 15) is 4.39 Å². The van der Waals surface area contributed by atoms with Gasteiger partial charge in [-0.05, 0) is 43.3 Å². The molecule has 2 aromatic rings. The lowest BCUT2D eigenvalue weighted by atomic mass is 9.97. The van der Waals surface area contributed by atoms with Gasteiger partial charge in [0, 0.05) is 15.1 Å². The van der Waals surface area contributed by atoms with Crippen molar-refractivity contribution < 1.29 is 4.39 Å². The van der Waals surface area contributed by atoms with Gasteiger partial charge in [0.2, 0.25) is 0 Å². The minimum atomic E-state index is -0.245. The third kappa shape index (κ3) is 3.16. The van der Waals surface area contributed by atoms with Gasteiger partial charge < -0.3 is 5.32 Å². The van der Waals surface area contributed by atoms with Crippen molar-refractivity contribution in [1.82, 2.24) is 5.32 Å². The van der Waals surface area contributed by atoms with Gasteiger partial charge in [-0.3, -0.25) is 0 Å². The van der Waals surface area contributed by atoms with Crippen molar-refractivity contribution in [2.45, 2.75) is 13.0 Å². The van der Waals surface area contributed by atoms with Crippen molar-refractivity contribution >= 4 is 27.5 Å². The maximum Gasteiger partial charge on any atom is 0.129 e. The van der Waals surface area contributed by atoms with Gasteiger partial charge in [0.15, 0.2) is 0 Å². The van der Waals surface area contributed by atoms with Gasteiger partial charge in [0.25, 0.3) is 0 Å². The van der Waals surface area contributed by atoms with E-state index in [0.29, 0.717) is 10.6 Å². The summed E-state index contributed by atoms with van der Waals surface area (Å²) in [6, 6.07) is 10.6. The maximum absolute atomic E-state index is 14.1. The van der Waals surface area contributed by atoms with Gasteiger partial charge in [0.05, 0.1) is 6.04 Å². The van der Waals surface area contributed by atoms with Crippen molar-refractivity contribution in [3.05, 3.63) is 68.4 Å². The van der Waals surface area contributed by atoms with Crippen molar-refractivity contribution in [3.8, 4) is 0 Å². The number of hydrogen-bond acceptors (Lipinski definition) is 1. The summed E-state index contributed by atoms with van der Waals surface area (Å²) in [5, 5.41) is 3.82. The normalized spacial score (nSPS) is 12.5. The lowest BCUT2D eigenvalue weighted by molar-refractivity contribution is 0.575. The number of halogens is 3. The van der Waals surface area contributed by atoms with Gasteiger partial charge in [-0.15, -0.1) is 0 Å². The highest BCUT2D eigenvalue weighted by Crippen LogP contribution is 2.28. The number of rotatable bonds is 3. The SMILES string of the molecule is CNC(c1ccc(C)c(Cl)c1)c1ccc(Br)cc1F. The highest BCUT2D eigenvalue weighted by molar-refractivity contribution is 9.10. The molecule has 2 aromatic carbocycles. The van der Waals surface area contributed by atoms with Gasteiger partial charge >= 0.3 is 0 Å². The van der Waals surface area contributed by atoms with Crippen molar-refractivity contribution in [1.29, 1.82) is 0 Å². The summed E-state index contributed by atoms with van der Waals surface area (Å²) in [5.41, 5.74) is 2.56. The monoisotopic (exact) mass is 341 g/mol. The van der Waals surface area contributed by atoms with E-state index in [1.807, 2.05) is 31.2 Å². The van der Waals surface area contributed by atoms with E-state index in [2.05, 4.69) is 21.2 Å². The van der Waals surface area contributed by atoms with Gasteiger partial charge in [0.1, 0.15) is 5.82 Å². The van der Waals surface area contributed by atoms with Crippen LogP contribution in [0.15, 0.2) is 40.9 Å². The Kier molecular flexibility index (Phi) is 4.61. The van der Waals surface area contributed by atoms with Crippen LogP contribution in [-0.2, 0) is 0 Å². The first kappa shape index (κ1) is 14.5. The lowest BCUT2D eigenvalue weighted by Crippen LogP contribution is -2.19. The topological polar surface area (TPSA) is 12.0 Å². The predicted molar refractivity (Wildman–Crippen MR) is 81.2 cm³/mol. The van der Waals surface area contributed by atoms with Crippen LogP contribution in [0, 0.1) is 12.7 Å². The Labute approximate surface area is 125 Å². The lowest BCUT2D eigenvalue weighted by Gasteiger charge is -2.19. The molecule has 4 heteroatoms. The van der Waals surface area contributed by atoms with Crippen LogP contribution in [-0.4, -0.2) is 7.05 Å². The van der Waals surface area contributed by atoms with E-state index < -0.39 is 0 Å². The second-order valence-electron chi connectivity index (χ2n) is 4.40. The summed E-state index contributed by atoms with van der Waals surface area (Å²) in [4.78, 5) is 0. The van der Waals surface area contributed by atoms with Gasteiger partial charge in [-0.25, -0.2) is 4.39 Å². The van der Waals surface area contributed by atoms with Crippen molar-refractivity contribution in [3.63, 3.8) is 0 Å². The summed E-state index contributed by atoms with van der Waals surface area (Å²) >= 11 is 9.40. The molecule has 0 aromatic heterocycles. The van der Waals surface area contributed by atoms with Gasteiger partial charge in [-0.2, -0.15) is 0 Å². The average Bonchev–Trinajstić information content (AvgIpc) is 2.37. The summed E-state index contributed by atoms with van der Waals surface area (Å²) < 4.78 is 14.8. The first-order valence-electron chi connectivity index (χ1n) is 5.91. The Morgan fingerprint density at radius 3 is 2.53 bits per heavy atom. The fraction of sp³-hybridized carbons (Fsp3) is 0.200. The molecule has 19 heavy (non-hydrogen) atoms. The summed E-state index contributed by atoms with van der Waals surface area (Å²) in [7, 11) is 1.81. The Bertz CT molecular complexity index is 601. The molecule has 0 heterocycles. The summed E-state index contributed by atoms with van der Waals surface area (Å²) in [5.74, 6) is -0.245. The molecule has 100 valence electrons. The number of hydrogen-bond donors (Lipinski definition) is 1. The summed E-state index contributed by atoms with van der Waals surface area (Å²) in [6.07, 6.45) is 0. The average molecular weight is 343 g/mol. The fourth-order valence-electron chi connectivity index (χ4n) is 2.03. The quantitative estimate of drug-likeness (QED) is 0.840. The third-order valence-corrected chi connectivity index (χ3v) is 3.99. The van der Waals surface area contributed by atoms with Crippen LogP contribution in [0.3, 0.4) is 0 Å². The molecule has 0 saturated heterocycles. The van der Waals surface area contributed by atoms with Gasteiger partial charge in [-0.1, -0.05) is 45.7 Å². The second kappa shape index (κ2) is 6.04. The van der Waals surface area contributed by atoms with E-state index in [4.69, 9.17) is 11.6 Å². The van der Waals surface area contributed by atoms with E-state index >= 15 is 0 Å². The molecule has 0 radical (unpaired) electrons. The molecule has 0 aliphatic carbocycles. The molecular formula is C15H14BrClFN. The molecule has 0 aliphatic rings. The Morgan fingerprint density at radius 2 is 1.95 bits per heavy atom. The van der Waals surface area contributed by atoms with E-state index in [-0.39, 0.29) is 11.9 Å². The number of nitrogens with one attached hydrogen (secondary N) is 1. The van der Waals surface area contributed by atoms with Crippen molar-refractivity contribution in [2.24, 2.45) is 0 Å². The van der Waals surface area contributed by atoms with Crippen LogP contribution < -0.4 is 5.32 Å². The molecule has 1 nitrogen and oxygen atoms in total. The largest absolute Gasteiger partial charge is 0.309 e. The molecule has 0 saturated carbocycles. The molecule has 1 N–H and O–H groups in total. The molecular weight excluding hydrogens is 329 g/mol. The third-order valence-electron chi connectivity index (χ3n) is 3.09. The Morgan fingerprint density at radius 1 is 1.21 bits per heavy atom. The van der Waals surface area contributed by atoms with Crippen LogP contribution in [0.2, 0.25) is 5.02 Å². The van der Waals surface area contributed by atoms with Crippen molar-refractivity contribution in [2.75, 3.05) is 7.05 Å². The molecule has 0 amide bonds. The van der Waals surface area contributed by atoms with E-state index in [1.54, 1.807) is 13.1 Å². The number of benzene rings is 2. The smallest absolute Gasteiger partial charge is 0.129 e. The Hall–Kier alpha value is -0.900. The zero-order valence-electron chi connectivity index (χ0n) is 10.7. The van der Waals surface area contributed by atoms with Crippen LogP contribution in [0.1, 0.15) is 22.7 Å². The molecule has 0 fully saturated rings. The maximum atomic E-state index is 14.1. The molecule has 0 spiro atoms. The first-order valence-corrected chi connectivity index (χ1v) is 7.08. The molecule has 1 unspecified atom stereocenters. The van der Waals surface area contributed by atoms with Crippen LogP contribution in [0.4, 0.5) is 4.39 Å². The second-order valence-corrected chi connectivity index (χ2v) is 5.72. The minimum Gasteiger partial charge on any atom is -0.309 e. The van der Waals surface area contributed by atoms with Crippen LogP contribution >= 0.6 is 27.5 Å². The zero-order chi connectivity index (χ0) is 14.0. The van der Waals surface area contributed by atoms with E-state index in [0.717, 1.165) is 15.6 Å². The number of aryl methyl sites for hydroxylation is 1. The molecule has 0 bridgehead atoms. The standard InChI is InChI=1S/C15H14BrClFN/c1-9-3-4-10(7-13(9)17)15(19-2)12-6-5-11(16)8-14(12)18/h3-8,15,19H,1-2H3.